The van der Waals surface area contributed by atoms with Crippen molar-refractivity contribution in [1.29, 1.82) is 0 Å². The minimum atomic E-state index is -1.75. The maximum atomic E-state index is 12.1. The number of hydrogen-bond donors (Lipinski definition) is 7. The molecule has 0 aromatic carbocycles. The molecule has 0 unspecified atom stereocenters. The number of ether oxygens (including phenoxy) is 6. The lowest BCUT2D eigenvalue weighted by Crippen LogP contribution is -2.61. The first kappa shape index (κ1) is 33.7. The van der Waals surface area contributed by atoms with Crippen molar-refractivity contribution in [2.45, 2.75) is 113 Å². The first-order chi connectivity index (χ1) is 18.5. The Balaban J connectivity index is 1.99. The number of aliphatic hydroxyl groups is 7. The Morgan fingerprint density at radius 1 is 0.718 bits per heavy atom. The van der Waals surface area contributed by atoms with Crippen LogP contribution in [0.3, 0.4) is 0 Å². The molecule has 15 nitrogen and oxygen atoms in total. The van der Waals surface area contributed by atoms with E-state index >= 15 is 0 Å². The summed E-state index contributed by atoms with van der Waals surface area (Å²) in [6.07, 6.45) is -14.6. The van der Waals surface area contributed by atoms with Gasteiger partial charge in [0.2, 0.25) is 0 Å². The number of unbranched alkanes of at least 4 members (excludes halogenated alkanes) is 1. The third kappa shape index (κ3) is 9.82. The van der Waals surface area contributed by atoms with Crippen molar-refractivity contribution < 1.29 is 73.8 Å². The number of esters is 2. The average molecular weight is 571 g/mol. The summed E-state index contributed by atoms with van der Waals surface area (Å²) in [4.78, 5) is 23.9. The van der Waals surface area contributed by atoms with Crippen LogP contribution in [0.2, 0.25) is 0 Å². The van der Waals surface area contributed by atoms with Crippen LogP contribution in [0, 0.1) is 0 Å². The molecule has 0 aliphatic carbocycles. The molecule has 0 aromatic rings. The lowest BCUT2D eigenvalue weighted by molar-refractivity contribution is -0.332. The highest BCUT2D eigenvalue weighted by atomic mass is 16.7. The summed E-state index contributed by atoms with van der Waals surface area (Å²) in [6.45, 7) is 1.80. The van der Waals surface area contributed by atoms with Gasteiger partial charge in [-0.3, -0.25) is 9.59 Å². The number of rotatable bonds is 15. The molecule has 2 aliphatic rings. The van der Waals surface area contributed by atoms with Crippen molar-refractivity contribution in [3.63, 3.8) is 0 Å². The van der Waals surface area contributed by atoms with Gasteiger partial charge in [-0.2, -0.15) is 0 Å². The number of hydrogen-bond acceptors (Lipinski definition) is 15. The average Bonchev–Trinajstić information content (AvgIpc) is 2.92. The second-order valence-electron chi connectivity index (χ2n) is 9.53. The third-order valence-electron chi connectivity index (χ3n) is 6.31. The molecule has 2 heterocycles. The largest absolute Gasteiger partial charge is 0.462 e. The Kier molecular flexibility index (Phi) is 14.4. The Bertz CT molecular complexity index is 736. The molecule has 0 bridgehead atoms. The summed E-state index contributed by atoms with van der Waals surface area (Å²) in [7, 11) is 0. The van der Waals surface area contributed by atoms with Gasteiger partial charge in [0.15, 0.2) is 18.7 Å². The number of carbonyl (C=O) groups is 2. The zero-order valence-electron chi connectivity index (χ0n) is 22.1. The van der Waals surface area contributed by atoms with Crippen LogP contribution >= 0.6 is 0 Å². The highest BCUT2D eigenvalue weighted by Gasteiger charge is 2.47. The lowest BCUT2D eigenvalue weighted by atomic mass is 9.98. The van der Waals surface area contributed by atoms with Gasteiger partial charge < -0.3 is 64.2 Å². The molecular weight excluding hydrogens is 528 g/mol. The maximum absolute atomic E-state index is 12.1. The Morgan fingerprint density at radius 2 is 1.31 bits per heavy atom. The van der Waals surface area contributed by atoms with E-state index in [4.69, 9.17) is 28.4 Å². The minimum absolute atomic E-state index is 0.140. The van der Waals surface area contributed by atoms with E-state index < -0.39 is 92.7 Å². The van der Waals surface area contributed by atoms with Crippen LogP contribution in [0.1, 0.15) is 46.0 Å². The van der Waals surface area contributed by atoms with Crippen molar-refractivity contribution in [1.82, 2.24) is 0 Å². The van der Waals surface area contributed by atoms with Crippen LogP contribution < -0.4 is 0 Å². The summed E-state index contributed by atoms with van der Waals surface area (Å²) in [6, 6.07) is 0. The molecule has 0 radical (unpaired) electrons. The van der Waals surface area contributed by atoms with Crippen LogP contribution in [0.25, 0.3) is 0 Å². The van der Waals surface area contributed by atoms with E-state index in [0.29, 0.717) is 12.8 Å². The van der Waals surface area contributed by atoms with Gasteiger partial charge >= 0.3 is 11.9 Å². The summed E-state index contributed by atoms with van der Waals surface area (Å²) >= 11 is 0. The third-order valence-corrected chi connectivity index (χ3v) is 6.31. The van der Waals surface area contributed by atoms with Crippen LogP contribution in [-0.4, -0.2) is 142 Å². The minimum Gasteiger partial charge on any atom is -0.462 e. The van der Waals surface area contributed by atoms with Gasteiger partial charge in [-0.25, -0.2) is 0 Å². The van der Waals surface area contributed by atoms with Crippen LogP contribution in [-0.2, 0) is 38.0 Å². The predicted octanol–water partition coefficient (Wildman–Crippen LogP) is -2.93. The van der Waals surface area contributed by atoms with Crippen molar-refractivity contribution in [2.75, 3.05) is 26.4 Å². The fourth-order valence-corrected chi connectivity index (χ4v) is 3.93. The summed E-state index contributed by atoms with van der Waals surface area (Å²) in [5, 5.41) is 70.2. The van der Waals surface area contributed by atoms with E-state index in [1.165, 1.54) is 0 Å². The Morgan fingerprint density at radius 3 is 1.90 bits per heavy atom. The first-order valence-corrected chi connectivity index (χ1v) is 13.1. The van der Waals surface area contributed by atoms with Crippen LogP contribution in [0.15, 0.2) is 0 Å². The van der Waals surface area contributed by atoms with E-state index in [0.717, 1.165) is 6.42 Å². The van der Waals surface area contributed by atoms with Gasteiger partial charge in [-0.05, 0) is 12.8 Å². The molecule has 39 heavy (non-hydrogen) atoms. The Labute approximate surface area is 226 Å². The molecule has 0 aromatic heterocycles. The highest BCUT2D eigenvalue weighted by Crippen LogP contribution is 2.26. The molecule has 0 amide bonds. The first-order valence-electron chi connectivity index (χ1n) is 13.1. The topological polar surface area (TPSA) is 231 Å². The van der Waals surface area contributed by atoms with E-state index in [1.807, 2.05) is 6.92 Å². The molecule has 228 valence electrons. The molecular formula is C24H42O15. The smallest absolute Gasteiger partial charge is 0.306 e. The fourth-order valence-electron chi connectivity index (χ4n) is 3.93. The van der Waals surface area contributed by atoms with Gasteiger partial charge in [0.05, 0.1) is 19.8 Å². The molecule has 2 aliphatic heterocycles. The number of aliphatic hydroxyl groups excluding tert-OH is 7. The molecule has 11 atom stereocenters. The lowest BCUT2D eigenvalue weighted by Gasteiger charge is -2.42. The zero-order chi connectivity index (χ0) is 29.1. The van der Waals surface area contributed by atoms with Crippen LogP contribution in [0.5, 0.6) is 0 Å². The molecule has 0 saturated carbocycles. The molecule has 7 N–H and O–H groups in total. The van der Waals surface area contributed by atoms with E-state index in [2.05, 4.69) is 0 Å². The maximum Gasteiger partial charge on any atom is 0.306 e. The SMILES string of the molecule is CCCCC(=O)O[C@H](COC(=O)CCC)CO[C@@H]1O[C@H](CO[C@H]2O[C@H](CO)[C@H](O)[C@H](O)[C@H]2O)[C@H](O)[C@H](O)[C@H]1O. The number of carbonyl (C=O) groups excluding carboxylic acids is 2. The van der Waals surface area contributed by atoms with Gasteiger partial charge in [0.25, 0.3) is 0 Å². The molecule has 2 rings (SSSR count). The van der Waals surface area contributed by atoms with Gasteiger partial charge in [0, 0.05) is 12.8 Å². The van der Waals surface area contributed by atoms with Crippen molar-refractivity contribution in [2.24, 2.45) is 0 Å². The molecule has 2 fully saturated rings. The molecule has 15 heteroatoms. The van der Waals surface area contributed by atoms with Gasteiger partial charge in [-0.1, -0.05) is 20.3 Å². The summed E-state index contributed by atoms with van der Waals surface area (Å²) in [5.41, 5.74) is 0. The Hall–Kier alpha value is -1.50. The van der Waals surface area contributed by atoms with E-state index in [9.17, 15) is 45.3 Å². The van der Waals surface area contributed by atoms with Crippen molar-refractivity contribution in [3.05, 3.63) is 0 Å². The second kappa shape index (κ2) is 16.7. The monoisotopic (exact) mass is 570 g/mol. The van der Waals surface area contributed by atoms with E-state index in [-0.39, 0.29) is 26.1 Å². The van der Waals surface area contributed by atoms with Crippen LogP contribution in [0.4, 0.5) is 0 Å². The molecule has 0 spiro atoms. The standard InChI is InChI=1S/C24H42O15/c1-3-5-7-16(27)37-12(9-34-15(26)6-4-2)10-35-23-22(33)20(31)18(29)14(39-23)11-36-24-21(32)19(30)17(28)13(8-25)38-24/h12-14,17-25,28-33H,3-11H2,1-2H3/t12-,13-,14-,17+,18+,19+,20+,21-,22-,23-,24+/m1/s1. The van der Waals surface area contributed by atoms with E-state index in [1.54, 1.807) is 6.92 Å². The van der Waals surface area contributed by atoms with Gasteiger partial charge in [0.1, 0.15) is 55.4 Å². The molecule has 2 saturated heterocycles. The van der Waals surface area contributed by atoms with Crippen molar-refractivity contribution >= 4 is 11.9 Å². The summed E-state index contributed by atoms with van der Waals surface area (Å²) in [5.74, 6) is -1.03. The normalized spacial score (nSPS) is 35.8. The predicted molar refractivity (Wildman–Crippen MR) is 128 cm³/mol. The highest BCUT2D eigenvalue weighted by molar-refractivity contribution is 5.70. The second-order valence-corrected chi connectivity index (χ2v) is 9.53. The van der Waals surface area contributed by atoms with Gasteiger partial charge in [-0.15, -0.1) is 0 Å². The van der Waals surface area contributed by atoms with Crippen molar-refractivity contribution in [3.8, 4) is 0 Å². The zero-order valence-corrected chi connectivity index (χ0v) is 22.1. The fraction of sp³-hybridized carbons (Fsp3) is 0.917. The summed E-state index contributed by atoms with van der Waals surface area (Å²) < 4.78 is 32.1. The quantitative estimate of drug-likeness (QED) is 0.0977.